The van der Waals surface area contributed by atoms with Gasteiger partial charge in [-0.05, 0) is 24.6 Å². The maximum absolute atomic E-state index is 12.6. The highest BCUT2D eigenvalue weighted by atomic mass is 35.5. The minimum atomic E-state index is -3.87. The van der Waals surface area contributed by atoms with Crippen LogP contribution in [0.4, 0.5) is 5.13 Å². The number of nitrogens with zero attached hydrogens (tertiary/aromatic N) is 3. The van der Waals surface area contributed by atoms with Gasteiger partial charge in [-0.3, -0.25) is 9.62 Å². The molecule has 0 spiro atoms. The molecule has 11 heteroatoms. The lowest BCUT2D eigenvalue weighted by molar-refractivity contribution is 0.0384. The number of sulfonamides is 1. The van der Waals surface area contributed by atoms with Crippen molar-refractivity contribution < 1.29 is 13.2 Å². The van der Waals surface area contributed by atoms with Crippen LogP contribution < -0.4 is 4.72 Å². The minimum Gasteiger partial charge on any atom is -0.379 e. The van der Waals surface area contributed by atoms with Gasteiger partial charge in [0.15, 0.2) is 0 Å². The largest absolute Gasteiger partial charge is 0.379 e. The Labute approximate surface area is 166 Å². The van der Waals surface area contributed by atoms with Gasteiger partial charge in [-0.25, -0.2) is 8.42 Å². The smallest absolute Gasteiger partial charge is 0.265 e. The Bertz CT molecular complexity index is 860. The molecule has 1 aromatic carbocycles. The molecule has 0 radical (unpaired) electrons. The summed E-state index contributed by atoms with van der Waals surface area (Å²) in [6.45, 7) is 5.75. The van der Waals surface area contributed by atoms with E-state index in [1.54, 1.807) is 13.0 Å². The average molecular weight is 437 g/mol. The quantitative estimate of drug-likeness (QED) is 0.748. The minimum absolute atomic E-state index is 0.00590. The molecule has 0 aliphatic carbocycles. The second kappa shape index (κ2) is 8.37. The number of aromatic nitrogens is 2. The van der Waals surface area contributed by atoms with Gasteiger partial charge in [-0.15, -0.1) is 10.2 Å². The van der Waals surface area contributed by atoms with Crippen molar-refractivity contribution in [3.63, 3.8) is 0 Å². The molecule has 7 nitrogen and oxygen atoms in total. The summed E-state index contributed by atoms with van der Waals surface area (Å²) in [4.78, 5) is 2.28. The van der Waals surface area contributed by atoms with Crippen LogP contribution in [-0.4, -0.2) is 56.4 Å². The number of morpholine rings is 1. The number of halogens is 2. The molecule has 2 aromatic rings. The van der Waals surface area contributed by atoms with E-state index in [2.05, 4.69) is 19.8 Å². The van der Waals surface area contributed by atoms with Crippen molar-refractivity contribution in [2.75, 3.05) is 37.6 Å². The van der Waals surface area contributed by atoms with Crippen molar-refractivity contribution in [1.29, 1.82) is 0 Å². The zero-order chi connectivity index (χ0) is 18.7. The molecule has 1 aromatic heterocycles. The Morgan fingerprint density at radius 2 is 2.00 bits per heavy atom. The van der Waals surface area contributed by atoms with Crippen LogP contribution in [0.25, 0.3) is 0 Å². The summed E-state index contributed by atoms with van der Waals surface area (Å²) < 4.78 is 33.1. The fraction of sp³-hybridized carbons (Fsp3) is 0.467. The van der Waals surface area contributed by atoms with E-state index >= 15 is 0 Å². The third-order valence-electron chi connectivity index (χ3n) is 3.90. The van der Waals surface area contributed by atoms with Crippen LogP contribution in [0.2, 0.25) is 10.0 Å². The second-order valence-corrected chi connectivity index (χ2v) is 9.37. The molecule has 142 valence electrons. The molecule has 1 N–H and O–H groups in total. The fourth-order valence-corrected chi connectivity index (χ4v) is 5.82. The normalized spacial score (nSPS) is 16.0. The van der Waals surface area contributed by atoms with Crippen LogP contribution in [-0.2, 0) is 21.2 Å². The lowest BCUT2D eigenvalue weighted by atomic mass is 10.2. The first-order chi connectivity index (χ1) is 12.3. The van der Waals surface area contributed by atoms with Gasteiger partial charge in [-0.2, -0.15) is 0 Å². The van der Waals surface area contributed by atoms with Gasteiger partial charge in [0.25, 0.3) is 10.0 Å². The third-order valence-corrected chi connectivity index (χ3v) is 7.09. The summed E-state index contributed by atoms with van der Waals surface area (Å²) in [5.41, 5.74) is 0.465. The molecule has 2 heterocycles. The summed E-state index contributed by atoms with van der Waals surface area (Å²) in [5.74, 6) is 0. The molecule has 0 bridgehead atoms. The summed E-state index contributed by atoms with van der Waals surface area (Å²) in [7, 11) is -3.87. The molecule has 1 saturated heterocycles. The Hall–Kier alpha value is -0.970. The summed E-state index contributed by atoms with van der Waals surface area (Å²) in [6, 6.07) is 2.95. The van der Waals surface area contributed by atoms with Crippen LogP contribution >= 0.6 is 34.5 Å². The maximum atomic E-state index is 12.6. The number of rotatable bonds is 6. The average Bonchev–Trinajstić information content (AvgIpc) is 2.99. The Balaban J connectivity index is 1.68. The monoisotopic (exact) mass is 436 g/mol. The van der Waals surface area contributed by atoms with Crippen LogP contribution in [0.15, 0.2) is 17.0 Å². The first-order valence-electron chi connectivity index (χ1n) is 7.96. The highest BCUT2D eigenvalue weighted by Gasteiger charge is 2.23. The van der Waals surface area contributed by atoms with E-state index in [0.29, 0.717) is 17.0 Å². The van der Waals surface area contributed by atoms with Crippen molar-refractivity contribution in [3.05, 3.63) is 32.7 Å². The van der Waals surface area contributed by atoms with E-state index in [1.807, 2.05) is 0 Å². The van der Waals surface area contributed by atoms with Crippen molar-refractivity contribution in [2.24, 2.45) is 0 Å². The number of ether oxygens (including phenoxy) is 1. The number of hydrogen-bond donors (Lipinski definition) is 1. The summed E-state index contributed by atoms with van der Waals surface area (Å²) in [6.07, 6.45) is 0.708. The molecule has 1 aliphatic heterocycles. The molecular weight excluding hydrogens is 419 g/mol. The zero-order valence-corrected chi connectivity index (χ0v) is 17.2. The van der Waals surface area contributed by atoms with Crippen LogP contribution in [0.1, 0.15) is 10.6 Å². The molecule has 1 aliphatic rings. The standard InChI is InChI=1S/C15H18Cl2N4O3S2/c1-10-8-11(16)9-12(17)14(10)26(22,23)20-15-19-18-13(25-15)2-3-21-4-6-24-7-5-21/h8-9H,2-7H2,1H3,(H,19,20). The first-order valence-corrected chi connectivity index (χ1v) is 11.0. The molecule has 0 unspecified atom stereocenters. The van der Waals surface area contributed by atoms with Crippen molar-refractivity contribution >= 4 is 49.7 Å². The number of nitrogens with one attached hydrogen (secondary N) is 1. The fourth-order valence-electron chi connectivity index (χ4n) is 2.67. The van der Waals surface area contributed by atoms with E-state index in [9.17, 15) is 8.42 Å². The number of benzene rings is 1. The highest BCUT2D eigenvalue weighted by molar-refractivity contribution is 7.93. The SMILES string of the molecule is Cc1cc(Cl)cc(Cl)c1S(=O)(=O)Nc1nnc(CCN2CCOCC2)s1. The molecule has 0 saturated carbocycles. The van der Waals surface area contributed by atoms with Crippen LogP contribution in [0.5, 0.6) is 0 Å². The number of anilines is 1. The second-order valence-electron chi connectivity index (χ2n) is 5.84. The van der Waals surface area contributed by atoms with Crippen molar-refractivity contribution in [2.45, 2.75) is 18.2 Å². The van der Waals surface area contributed by atoms with Crippen LogP contribution in [0, 0.1) is 6.92 Å². The van der Waals surface area contributed by atoms with Gasteiger partial charge >= 0.3 is 0 Å². The van der Waals surface area contributed by atoms with E-state index < -0.39 is 10.0 Å². The topological polar surface area (TPSA) is 84.4 Å². The predicted molar refractivity (Wildman–Crippen MR) is 103 cm³/mol. The van der Waals surface area contributed by atoms with E-state index in [1.165, 1.54) is 17.4 Å². The Kier molecular flexibility index (Phi) is 6.37. The van der Waals surface area contributed by atoms with Gasteiger partial charge in [0.1, 0.15) is 9.90 Å². The highest BCUT2D eigenvalue weighted by Crippen LogP contribution is 2.30. The molecule has 0 atom stereocenters. The van der Waals surface area contributed by atoms with Gasteiger partial charge in [-0.1, -0.05) is 34.5 Å². The van der Waals surface area contributed by atoms with Crippen LogP contribution in [0.3, 0.4) is 0 Å². The van der Waals surface area contributed by atoms with E-state index in [-0.39, 0.29) is 15.0 Å². The summed E-state index contributed by atoms with van der Waals surface area (Å²) >= 11 is 13.2. The van der Waals surface area contributed by atoms with Crippen molar-refractivity contribution in [1.82, 2.24) is 15.1 Å². The maximum Gasteiger partial charge on any atom is 0.265 e. The van der Waals surface area contributed by atoms with E-state index in [4.69, 9.17) is 27.9 Å². The first kappa shape index (κ1) is 19.8. The Morgan fingerprint density at radius 3 is 2.69 bits per heavy atom. The number of aryl methyl sites for hydroxylation is 1. The zero-order valence-electron chi connectivity index (χ0n) is 14.0. The molecule has 26 heavy (non-hydrogen) atoms. The molecule has 3 rings (SSSR count). The van der Waals surface area contributed by atoms with Gasteiger partial charge < -0.3 is 4.74 Å². The molecule has 1 fully saturated rings. The summed E-state index contributed by atoms with van der Waals surface area (Å²) in [5, 5.41) is 9.44. The lowest BCUT2D eigenvalue weighted by Crippen LogP contribution is -2.37. The molecule has 0 amide bonds. The molecular formula is C15H18Cl2N4O3S2. The Morgan fingerprint density at radius 1 is 1.27 bits per heavy atom. The lowest BCUT2D eigenvalue weighted by Gasteiger charge is -2.25. The number of hydrogen-bond acceptors (Lipinski definition) is 7. The van der Waals surface area contributed by atoms with Crippen molar-refractivity contribution in [3.8, 4) is 0 Å². The third kappa shape index (κ3) is 4.85. The van der Waals surface area contributed by atoms with Gasteiger partial charge in [0, 0.05) is 31.1 Å². The predicted octanol–water partition coefficient (Wildman–Crippen LogP) is 2.83. The van der Waals surface area contributed by atoms with Gasteiger partial charge in [0.2, 0.25) is 5.13 Å². The van der Waals surface area contributed by atoms with Gasteiger partial charge in [0.05, 0.1) is 18.2 Å². The van der Waals surface area contributed by atoms with E-state index in [0.717, 1.165) is 37.9 Å².